The summed E-state index contributed by atoms with van der Waals surface area (Å²) in [7, 11) is 0. The number of nitrogens with one attached hydrogen (secondary N) is 2. The fraction of sp³-hybridized carbons (Fsp3) is 0.250. The Hall–Kier alpha value is -2.73. The number of carbonyl (C=O) groups is 2. The number of nitrogens with zero attached hydrogens (tertiary/aromatic N) is 1. The van der Waals surface area contributed by atoms with Crippen LogP contribution in [0.1, 0.15) is 24.0 Å². The standard InChI is InChI=1S/C20H19N3O2S/c1-12-5-4-8-16-18(12)23-20(26-16)22-17(24)10-9-14-11-13-6-2-3-7-15(13)21-19(14)25/h2-8,14H,9-11H2,1H3,(H,21,25)(H,22,23,24)/t14-/m0/s1. The van der Waals surface area contributed by atoms with E-state index < -0.39 is 0 Å². The zero-order valence-corrected chi connectivity index (χ0v) is 15.2. The van der Waals surface area contributed by atoms with Gasteiger partial charge in [0, 0.05) is 18.0 Å². The second-order valence-electron chi connectivity index (χ2n) is 6.57. The second-order valence-corrected chi connectivity index (χ2v) is 7.61. The molecule has 2 N–H and O–H groups in total. The summed E-state index contributed by atoms with van der Waals surface area (Å²) in [5.74, 6) is -0.284. The number of aryl methyl sites for hydroxylation is 1. The van der Waals surface area contributed by atoms with Crippen LogP contribution in [0.25, 0.3) is 10.2 Å². The maximum atomic E-state index is 12.3. The third-order valence-corrected chi connectivity index (χ3v) is 5.64. The number of aromatic nitrogens is 1. The third-order valence-electron chi connectivity index (χ3n) is 4.70. The molecule has 2 amide bonds. The van der Waals surface area contributed by atoms with E-state index in [0.29, 0.717) is 24.4 Å². The minimum absolute atomic E-state index is 0.00730. The molecule has 1 aliphatic rings. The van der Waals surface area contributed by atoms with Gasteiger partial charge in [0.1, 0.15) is 0 Å². The molecule has 0 aliphatic carbocycles. The van der Waals surface area contributed by atoms with Crippen molar-refractivity contribution >= 4 is 44.2 Å². The SMILES string of the molecule is Cc1cccc2sc(NC(=O)CC[C@H]3Cc4ccccc4NC3=O)nc12. The van der Waals surface area contributed by atoms with Crippen LogP contribution in [0.3, 0.4) is 0 Å². The number of anilines is 2. The van der Waals surface area contributed by atoms with Crippen molar-refractivity contribution in [3.05, 3.63) is 53.6 Å². The van der Waals surface area contributed by atoms with Crippen LogP contribution in [0.15, 0.2) is 42.5 Å². The molecule has 0 saturated carbocycles. The summed E-state index contributed by atoms with van der Waals surface area (Å²) in [6.07, 6.45) is 1.50. The number of hydrogen-bond donors (Lipinski definition) is 2. The summed E-state index contributed by atoms with van der Waals surface area (Å²) in [5, 5.41) is 6.40. The summed E-state index contributed by atoms with van der Waals surface area (Å²) in [6, 6.07) is 13.8. The van der Waals surface area contributed by atoms with Gasteiger partial charge in [-0.05, 0) is 43.0 Å². The molecule has 0 unspecified atom stereocenters. The van der Waals surface area contributed by atoms with Crippen molar-refractivity contribution in [3.8, 4) is 0 Å². The van der Waals surface area contributed by atoms with Crippen molar-refractivity contribution in [2.75, 3.05) is 10.6 Å². The van der Waals surface area contributed by atoms with Gasteiger partial charge in [-0.3, -0.25) is 9.59 Å². The smallest absolute Gasteiger partial charge is 0.227 e. The molecule has 3 aromatic rings. The summed E-state index contributed by atoms with van der Waals surface area (Å²) in [4.78, 5) is 29.0. The largest absolute Gasteiger partial charge is 0.326 e. The average Bonchev–Trinajstić information content (AvgIpc) is 3.04. The molecule has 4 rings (SSSR count). The summed E-state index contributed by atoms with van der Waals surface area (Å²) >= 11 is 1.47. The number of amides is 2. The highest BCUT2D eigenvalue weighted by Gasteiger charge is 2.26. The summed E-state index contributed by atoms with van der Waals surface area (Å²) < 4.78 is 1.06. The molecule has 0 saturated heterocycles. The predicted octanol–water partition coefficient (Wildman–Crippen LogP) is 4.13. The van der Waals surface area contributed by atoms with Crippen molar-refractivity contribution in [2.45, 2.75) is 26.2 Å². The van der Waals surface area contributed by atoms with Crippen molar-refractivity contribution in [1.82, 2.24) is 4.98 Å². The van der Waals surface area contributed by atoms with Crippen LogP contribution in [0.5, 0.6) is 0 Å². The Morgan fingerprint density at radius 1 is 1.27 bits per heavy atom. The van der Waals surface area contributed by atoms with Crippen molar-refractivity contribution in [2.24, 2.45) is 5.92 Å². The highest BCUT2D eigenvalue weighted by molar-refractivity contribution is 7.22. The van der Waals surface area contributed by atoms with Crippen molar-refractivity contribution in [3.63, 3.8) is 0 Å². The average molecular weight is 365 g/mol. The number of hydrogen-bond acceptors (Lipinski definition) is 4. The van der Waals surface area contributed by atoms with Crippen LogP contribution in [0.4, 0.5) is 10.8 Å². The maximum absolute atomic E-state index is 12.3. The van der Waals surface area contributed by atoms with Gasteiger partial charge in [-0.1, -0.05) is 41.7 Å². The Labute approximate surface area is 155 Å². The van der Waals surface area contributed by atoms with E-state index in [1.807, 2.05) is 49.4 Å². The molecule has 132 valence electrons. The van der Waals surface area contributed by atoms with Gasteiger partial charge in [-0.15, -0.1) is 0 Å². The molecule has 2 aromatic carbocycles. The van der Waals surface area contributed by atoms with Crippen LogP contribution in [-0.2, 0) is 16.0 Å². The van der Waals surface area contributed by atoms with Gasteiger partial charge in [0.2, 0.25) is 11.8 Å². The molecule has 0 spiro atoms. The molecule has 1 atom stereocenters. The Balaban J connectivity index is 1.38. The van der Waals surface area contributed by atoms with Gasteiger partial charge in [0.25, 0.3) is 0 Å². The lowest BCUT2D eigenvalue weighted by Crippen LogP contribution is -2.30. The highest BCUT2D eigenvalue weighted by Crippen LogP contribution is 2.29. The van der Waals surface area contributed by atoms with Crippen LogP contribution >= 0.6 is 11.3 Å². The molecular weight excluding hydrogens is 346 g/mol. The summed E-state index contributed by atoms with van der Waals surface area (Å²) in [5.41, 5.74) is 4.02. The van der Waals surface area contributed by atoms with Crippen molar-refractivity contribution < 1.29 is 9.59 Å². The number of benzene rings is 2. The topological polar surface area (TPSA) is 71.1 Å². The molecule has 6 heteroatoms. The molecule has 1 aliphatic heterocycles. The van der Waals surface area contributed by atoms with E-state index in [1.165, 1.54) is 11.3 Å². The third kappa shape index (κ3) is 3.32. The van der Waals surface area contributed by atoms with Gasteiger partial charge in [0.05, 0.1) is 10.2 Å². The molecule has 26 heavy (non-hydrogen) atoms. The first-order chi connectivity index (χ1) is 12.6. The minimum Gasteiger partial charge on any atom is -0.326 e. The zero-order valence-electron chi connectivity index (χ0n) is 14.4. The number of carbonyl (C=O) groups excluding carboxylic acids is 2. The Bertz CT molecular complexity index is 996. The number of fused-ring (bicyclic) bond motifs is 2. The number of para-hydroxylation sites is 2. The first-order valence-corrected chi connectivity index (χ1v) is 9.46. The van der Waals surface area contributed by atoms with Crippen LogP contribution in [-0.4, -0.2) is 16.8 Å². The lowest BCUT2D eigenvalue weighted by atomic mass is 9.89. The first kappa shape index (κ1) is 16.7. The van der Waals surface area contributed by atoms with Gasteiger partial charge < -0.3 is 10.6 Å². The monoisotopic (exact) mass is 365 g/mol. The Morgan fingerprint density at radius 3 is 2.96 bits per heavy atom. The van der Waals surface area contributed by atoms with E-state index in [0.717, 1.165) is 27.0 Å². The molecular formula is C20H19N3O2S. The van der Waals surface area contributed by atoms with Crippen LogP contribution in [0.2, 0.25) is 0 Å². The van der Waals surface area contributed by atoms with Gasteiger partial charge in [0.15, 0.2) is 5.13 Å². The molecule has 0 bridgehead atoms. The van der Waals surface area contributed by atoms with Crippen LogP contribution < -0.4 is 10.6 Å². The first-order valence-electron chi connectivity index (χ1n) is 8.65. The highest BCUT2D eigenvalue weighted by atomic mass is 32.1. The quantitative estimate of drug-likeness (QED) is 0.730. The van der Waals surface area contributed by atoms with E-state index in [4.69, 9.17) is 0 Å². The van der Waals surface area contributed by atoms with Gasteiger partial charge in [-0.2, -0.15) is 0 Å². The molecule has 0 radical (unpaired) electrons. The molecule has 1 aromatic heterocycles. The minimum atomic E-state index is -0.173. The predicted molar refractivity (Wildman–Crippen MR) is 104 cm³/mol. The fourth-order valence-electron chi connectivity index (χ4n) is 3.27. The lowest BCUT2D eigenvalue weighted by Gasteiger charge is -2.24. The van der Waals surface area contributed by atoms with E-state index in [2.05, 4.69) is 15.6 Å². The fourth-order valence-corrected chi connectivity index (χ4v) is 4.23. The Morgan fingerprint density at radius 2 is 2.12 bits per heavy atom. The van der Waals surface area contributed by atoms with E-state index in [1.54, 1.807) is 0 Å². The lowest BCUT2D eigenvalue weighted by molar-refractivity contribution is -0.121. The van der Waals surface area contributed by atoms with E-state index >= 15 is 0 Å². The van der Waals surface area contributed by atoms with Gasteiger partial charge in [-0.25, -0.2) is 4.98 Å². The normalized spacial score (nSPS) is 16.2. The molecule has 5 nitrogen and oxygen atoms in total. The molecule has 2 heterocycles. The second kappa shape index (κ2) is 6.88. The maximum Gasteiger partial charge on any atom is 0.227 e. The zero-order chi connectivity index (χ0) is 18.1. The van der Waals surface area contributed by atoms with Gasteiger partial charge >= 0.3 is 0 Å². The number of rotatable bonds is 4. The number of thiazole rings is 1. The molecule has 0 fully saturated rings. The van der Waals surface area contributed by atoms with E-state index in [9.17, 15) is 9.59 Å². The van der Waals surface area contributed by atoms with Crippen molar-refractivity contribution in [1.29, 1.82) is 0 Å². The van der Waals surface area contributed by atoms with E-state index in [-0.39, 0.29) is 17.7 Å². The summed E-state index contributed by atoms with van der Waals surface area (Å²) in [6.45, 7) is 2.01. The Kier molecular flexibility index (Phi) is 4.42. The van der Waals surface area contributed by atoms with Crippen LogP contribution in [0, 0.1) is 12.8 Å².